The molecule has 1 aromatic heterocycles. The Hall–Kier alpha value is -1.84. The van der Waals surface area contributed by atoms with Gasteiger partial charge in [-0.3, -0.25) is 4.79 Å². The van der Waals surface area contributed by atoms with Crippen LogP contribution in [0.2, 0.25) is 0 Å². The van der Waals surface area contributed by atoms with Crippen molar-refractivity contribution in [2.75, 3.05) is 6.54 Å². The number of hydrogen-bond acceptors (Lipinski definition) is 1. The van der Waals surface area contributed by atoms with Crippen LogP contribution < -0.4 is 5.32 Å². The third-order valence-electron chi connectivity index (χ3n) is 3.74. The standard InChI is InChI=1S/C16H19FN2O/c1-10(2)6-11-7-13(17)8-12-9-14-16(20)18-4-3-5-19(14)15(11)12/h7-10H,3-6H2,1-2H3,(H,18,20). The minimum Gasteiger partial charge on any atom is -0.351 e. The van der Waals surface area contributed by atoms with Crippen LogP contribution in [0.25, 0.3) is 10.9 Å². The van der Waals surface area contributed by atoms with Gasteiger partial charge in [0.05, 0.1) is 5.52 Å². The van der Waals surface area contributed by atoms with E-state index in [9.17, 15) is 9.18 Å². The Morgan fingerprint density at radius 1 is 1.35 bits per heavy atom. The fraction of sp³-hybridized carbons (Fsp3) is 0.438. The average Bonchev–Trinajstić information content (AvgIpc) is 2.63. The van der Waals surface area contributed by atoms with Gasteiger partial charge >= 0.3 is 0 Å². The maximum absolute atomic E-state index is 13.8. The second-order valence-corrected chi connectivity index (χ2v) is 5.89. The molecule has 0 aliphatic carbocycles. The second-order valence-electron chi connectivity index (χ2n) is 5.89. The average molecular weight is 274 g/mol. The lowest BCUT2D eigenvalue weighted by atomic mass is 10.0. The lowest BCUT2D eigenvalue weighted by molar-refractivity contribution is 0.0951. The summed E-state index contributed by atoms with van der Waals surface area (Å²) in [7, 11) is 0. The maximum Gasteiger partial charge on any atom is 0.267 e. The molecule has 0 bridgehead atoms. The van der Waals surface area contributed by atoms with Crippen molar-refractivity contribution in [3.8, 4) is 0 Å². The number of carbonyl (C=O) groups is 1. The van der Waals surface area contributed by atoms with Crippen LogP contribution in [0.1, 0.15) is 36.3 Å². The summed E-state index contributed by atoms with van der Waals surface area (Å²) < 4.78 is 15.8. The molecule has 20 heavy (non-hydrogen) atoms. The lowest BCUT2D eigenvalue weighted by Gasteiger charge is -2.12. The van der Waals surface area contributed by atoms with Gasteiger partial charge < -0.3 is 9.88 Å². The van der Waals surface area contributed by atoms with Gasteiger partial charge in [0.15, 0.2) is 0 Å². The Labute approximate surface area is 117 Å². The maximum atomic E-state index is 13.8. The number of fused-ring (bicyclic) bond motifs is 3. The molecule has 106 valence electrons. The van der Waals surface area contributed by atoms with Crippen molar-refractivity contribution in [2.24, 2.45) is 5.92 Å². The molecule has 1 N–H and O–H groups in total. The van der Waals surface area contributed by atoms with E-state index in [4.69, 9.17) is 0 Å². The third-order valence-corrected chi connectivity index (χ3v) is 3.74. The fourth-order valence-electron chi connectivity index (χ4n) is 3.01. The Bertz CT molecular complexity index is 673. The molecule has 0 saturated heterocycles. The van der Waals surface area contributed by atoms with Crippen LogP contribution in [-0.2, 0) is 13.0 Å². The largest absolute Gasteiger partial charge is 0.351 e. The van der Waals surface area contributed by atoms with Gasteiger partial charge in [-0.25, -0.2) is 4.39 Å². The number of carbonyl (C=O) groups excluding carboxylic acids is 1. The van der Waals surface area contributed by atoms with Crippen LogP contribution in [0.3, 0.4) is 0 Å². The second kappa shape index (κ2) is 4.93. The van der Waals surface area contributed by atoms with Gasteiger partial charge in [0.2, 0.25) is 0 Å². The zero-order valence-corrected chi connectivity index (χ0v) is 11.9. The molecule has 1 amide bonds. The number of aryl methyl sites for hydroxylation is 1. The van der Waals surface area contributed by atoms with E-state index in [0.717, 1.165) is 35.9 Å². The van der Waals surface area contributed by atoms with Gasteiger partial charge in [-0.1, -0.05) is 13.8 Å². The van der Waals surface area contributed by atoms with Crippen molar-refractivity contribution >= 4 is 16.8 Å². The Morgan fingerprint density at radius 3 is 2.90 bits per heavy atom. The monoisotopic (exact) mass is 274 g/mol. The number of aromatic nitrogens is 1. The first-order chi connectivity index (χ1) is 9.56. The molecule has 2 aromatic rings. The molecule has 0 radical (unpaired) electrons. The quantitative estimate of drug-likeness (QED) is 0.897. The summed E-state index contributed by atoms with van der Waals surface area (Å²) in [6, 6.07) is 4.94. The summed E-state index contributed by atoms with van der Waals surface area (Å²) in [4.78, 5) is 12.1. The summed E-state index contributed by atoms with van der Waals surface area (Å²) in [5.41, 5.74) is 2.66. The highest BCUT2D eigenvalue weighted by atomic mass is 19.1. The molecule has 0 saturated carbocycles. The zero-order chi connectivity index (χ0) is 14.3. The van der Waals surface area contributed by atoms with E-state index >= 15 is 0 Å². The summed E-state index contributed by atoms with van der Waals surface area (Å²) in [6.07, 6.45) is 1.72. The number of rotatable bonds is 2. The topological polar surface area (TPSA) is 34.0 Å². The van der Waals surface area contributed by atoms with Crippen molar-refractivity contribution in [3.63, 3.8) is 0 Å². The first-order valence-electron chi connectivity index (χ1n) is 7.16. The number of nitrogens with zero attached hydrogens (tertiary/aromatic N) is 1. The van der Waals surface area contributed by atoms with Crippen LogP contribution in [0.5, 0.6) is 0 Å². The molecular formula is C16H19FN2O. The molecular weight excluding hydrogens is 255 g/mol. The third kappa shape index (κ3) is 2.19. The highest BCUT2D eigenvalue weighted by molar-refractivity contribution is 5.99. The molecule has 0 fully saturated rings. The smallest absolute Gasteiger partial charge is 0.267 e. The van der Waals surface area contributed by atoms with Crippen LogP contribution >= 0.6 is 0 Å². The molecule has 0 atom stereocenters. The van der Waals surface area contributed by atoms with Gasteiger partial charge in [0, 0.05) is 18.5 Å². The molecule has 2 heterocycles. The molecule has 4 heteroatoms. The number of halogens is 1. The number of benzene rings is 1. The van der Waals surface area contributed by atoms with E-state index in [0.29, 0.717) is 18.2 Å². The number of amides is 1. The molecule has 0 unspecified atom stereocenters. The van der Waals surface area contributed by atoms with E-state index in [-0.39, 0.29) is 11.7 Å². The van der Waals surface area contributed by atoms with E-state index in [1.54, 1.807) is 6.07 Å². The van der Waals surface area contributed by atoms with E-state index in [1.807, 2.05) is 6.07 Å². The van der Waals surface area contributed by atoms with Crippen LogP contribution in [0, 0.1) is 11.7 Å². The highest BCUT2D eigenvalue weighted by Gasteiger charge is 2.20. The minimum absolute atomic E-state index is 0.0606. The van der Waals surface area contributed by atoms with Crippen LogP contribution in [-0.4, -0.2) is 17.0 Å². The first-order valence-corrected chi connectivity index (χ1v) is 7.16. The normalized spacial score (nSPS) is 15.3. The molecule has 1 aliphatic rings. The summed E-state index contributed by atoms with van der Waals surface area (Å²) in [5, 5.41) is 3.71. The summed E-state index contributed by atoms with van der Waals surface area (Å²) in [6.45, 7) is 5.74. The van der Waals surface area contributed by atoms with Crippen LogP contribution in [0.15, 0.2) is 18.2 Å². The van der Waals surface area contributed by atoms with E-state index in [1.165, 1.54) is 6.07 Å². The van der Waals surface area contributed by atoms with Crippen molar-refractivity contribution in [3.05, 3.63) is 35.3 Å². The predicted molar refractivity (Wildman–Crippen MR) is 77.4 cm³/mol. The van der Waals surface area contributed by atoms with Crippen molar-refractivity contribution in [2.45, 2.75) is 33.2 Å². The van der Waals surface area contributed by atoms with Gasteiger partial charge in [0.1, 0.15) is 11.5 Å². The molecule has 1 aromatic carbocycles. The van der Waals surface area contributed by atoms with Crippen molar-refractivity contribution < 1.29 is 9.18 Å². The van der Waals surface area contributed by atoms with Gasteiger partial charge in [-0.15, -0.1) is 0 Å². The SMILES string of the molecule is CC(C)Cc1cc(F)cc2cc3n(c12)CCCNC3=O. The van der Waals surface area contributed by atoms with Crippen LogP contribution in [0.4, 0.5) is 4.39 Å². The van der Waals surface area contributed by atoms with Gasteiger partial charge in [-0.2, -0.15) is 0 Å². The number of nitrogens with one attached hydrogen (secondary N) is 1. The first kappa shape index (κ1) is 13.2. The Kier molecular flexibility index (Phi) is 3.24. The molecule has 3 rings (SSSR count). The molecule has 0 spiro atoms. The summed E-state index contributed by atoms with van der Waals surface area (Å²) in [5.74, 6) is 0.162. The Balaban J connectivity index is 2.26. The van der Waals surface area contributed by atoms with Crippen molar-refractivity contribution in [1.82, 2.24) is 9.88 Å². The van der Waals surface area contributed by atoms with Gasteiger partial charge in [0.25, 0.3) is 5.91 Å². The van der Waals surface area contributed by atoms with Crippen molar-refractivity contribution in [1.29, 1.82) is 0 Å². The zero-order valence-electron chi connectivity index (χ0n) is 11.9. The predicted octanol–water partition coefficient (Wildman–Crippen LogP) is 3.11. The minimum atomic E-state index is -0.227. The lowest BCUT2D eigenvalue weighted by Crippen LogP contribution is -2.22. The van der Waals surface area contributed by atoms with E-state index < -0.39 is 0 Å². The molecule has 3 nitrogen and oxygen atoms in total. The Morgan fingerprint density at radius 2 is 2.15 bits per heavy atom. The fourth-order valence-corrected chi connectivity index (χ4v) is 3.01. The van der Waals surface area contributed by atoms with Gasteiger partial charge in [-0.05, 0) is 42.5 Å². The molecule has 1 aliphatic heterocycles. The number of hydrogen-bond donors (Lipinski definition) is 1. The highest BCUT2D eigenvalue weighted by Crippen LogP contribution is 2.28. The summed E-state index contributed by atoms with van der Waals surface area (Å²) >= 11 is 0. The van der Waals surface area contributed by atoms with E-state index in [2.05, 4.69) is 23.7 Å².